The molecule has 0 aliphatic rings. The fourth-order valence-corrected chi connectivity index (χ4v) is 1.22. The van der Waals surface area contributed by atoms with Crippen LogP contribution in [0.25, 0.3) is 0 Å². The molecule has 0 aliphatic carbocycles. The molecular formula is C10H20NO5P. The van der Waals surface area contributed by atoms with Gasteiger partial charge in [0.25, 0.3) is 0 Å². The van der Waals surface area contributed by atoms with Gasteiger partial charge in [0.2, 0.25) is 0 Å². The van der Waals surface area contributed by atoms with Gasteiger partial charge in [-0.05, 0) is 26.0 Å². The average Bonchev–Trinajstić information content (AvgIpc) is 2.19. The van der Waals surface area contributed by atoms with Crippen molar-refractivity contribution in [3.8, 4) is 5.75 Å². The Morgan fingerprint density at radius 1 is 1.12 bits per heavy atom. The van der Waals surface area contributed by atoms with E-state index in [-0.39, 0.29) is 11.9 Å². The Morgan fingerprint density at radius 3 is 1.88 bits per heavy atom. The van der Waals surface area contributed by atoms with Gasteiger partial charge in [0, 0.05) is 13.2 Å². The van der Waals surface area contributed by atoms with Gasteiger partial charge >= 0.3 is 7.82 Å². The van der Waals surface area contributed by atoms with Crippen molar-refractivity contribution in [2.75, 3.05) is 13.2 Å². The summed E-state index contributed by atoms with van der Waals surface area (Å²) in [6.07, 6.45) is 0. The van der Waals surface area contributed by atoms with Crippen molar-refractivity contribution in [2.24, 2.45) is 0 Å². The first-order valence-electron chi connectivity index (χ1n) is 4.87. The second-order valence-electron chi connectivity index (χ2n) is 2.68. The summed E-state index contributed by atoms with van der Waals surface area (Å²) in [6.45, 7) is 5.67. The van der Waals surface area contributed by atoms with E-state index in [1.54, 1.807) is 18.2 Å². The molecule has 1 aromatic rings. The van der Waals surface area contributed by atoms with Crippen LogP contribution in [0, 0.1) is 0 Å². The van der Waals surface area contributed by atoms with Crippen LogP contribution >= 0.6 is 7.82 Å². The van der Waals surface area contributed by atoms with Crippen LogP contribution in [0.1, 0.15) is 13.8 Å². The quantitative estimate of drug-likeness (QED) is 0.720. The fourth-order valence-electron chi connectivity index (χ4n) is 0.823. The van der Waals surface area contributed by atoms with Crippen LogP contribution in [-0.4, -0.2) is 23.0 Å². The standard InChI is InChI=1S/C6H7O4P.C4H10O.H3N/c7-11(8,9)10-6-4-2-1-3-5-6;1-3-5-4-2;/h1-5H,(H2,7,8,9);3-4H2,1-2H3;1H3. The van der Waals surface area contributed by atoms with Crippen LogP contribution in [0.3, 0.4) is 0 Å². The lowest BCUT2D eigenvalue weighted by Crippen LogP contribution is -1.88. The molecule has 5 N–H and O–H groups in total. The van der Waals surface area contributed by atoms with Crippen LogP contribution in [-0.2, 0) is 9.30 Å². The summed E-state index contributed by atoms with van der Waals surface area (Å²) < 4.78 is 19.4. The van der Waals surface area contributed by atoms with Gasteiger partial charge in [-0.25, -0.2) is 4.57 Å². The van der Waals surface area contributed by atoms with Crippen molar-refractivity contribution in [1.82, 2.24) is 6.15 Å². The topological polar surface area (TPSA) is 111 Å². The maximum Gasteiger partial charge on any atom is 0.524 e. The monoisotopic (exact) mass is 265 g/mol. The maximum atomic E-state index is 10.3. The van der Waals surface area contributed by atoms with Gasteiger partial charge in [0.1, 0.15) is 5.75 Å². The predicted octanol–water partition coefficient (Wildman–Crippen LogP) is 2.36. The van der Waals surface area contributed by atoms with Gasteiger partial charge in [-0.2, -0.15) is 0 Å². The number of phosphoric acid groups is 1. The van der Waals surface area contributed by atoms with Crippen molar-refractivity contribution in [2.45, 2.75) is 13.8 Å². The van der Waals surface area contributed by atoms with Gasteiger partial charge in [-0.3, -0.25) is 9.79 Å². The summed E-state index contributed by atoms with van der Waals surface area (Å²) in [4.78, 5) is 16.7. The molecule has 0 radical (unpaired) electrons. The molecule has 17 heavy (non-hydrogen) atoms. The molecule has 0 unspecified atom stereocenters. The largest absolute Gasteiger partial charge is 0.524 e. The minimum atomic E-state index is -4.39. The van der Waals surface area contributed by atoms with E-state index in [9.17, 15) is 4.57 Å². The smallest absolute Gasteiger partial charge is 0.404 e. The average molecular weight is 265 g/mol. The number of hydrogen-bond donors (Lipinski definition) is 3. The van der Waals surface area contributed by atoms with Crippen LogP contribution in [0.2, 0.25) is 0 Å². The molecule has 7 heteroatoms. The van der Waals surface area contributed by atoms with Gasteiger partial charge in [-0.15, -0.1) is 0 Å². The highest BCUT2D eigenvalue weighted by Crippen LogP contribution is 2.36. The van der Waals surface area contributed by atoms with Gasteiger partial charge in [0.15, 0.2) is 0 Å². The first-order valence-corrected chi connectivity index (χ1v) is 6.40. The Balaban J connectivity index is 0. The molecule has 0 atom stereocenters. The number of ether oxygens (including phenoxy) is 1. The molecule has 0 spiro atoms. The van der Waals surface area contributed by atoms with E-state index in [0.717, 1.165) is 13.2 Å². The van der Waals surface area contributed by atoms with E-state index < -0.39 is 7.82 Å². The van der Waals surface area contributed by atoms with Crippen LogP contribution < -0.4 is 10.7 Å². The number of para-hydroxylation sites is 1. The Bertz CT molecular complexity index is 312. The van der Waals surface area contributed by atoms with E-state index in [1.807, 2.05) is 13.8 Å². The summed E-state index contributed by atoms with van der Waals surface area (Å²) >= 11 is 0. The second-order valence-corrected chi connectivity index (χ2v) is 3.84. The predicted molar refractivity (Wildman–Crippen MR) is 66.3 cm³/mol. The molecule has 100 valence electrons. The first kappa shape index (κ1) is 18.5. The van der Waals surface area contributed by atoms with Crippen molar-refractivity contribution >= 4 is 7.82 Å². The zero-order chi connectivity index (χ0) is 12.4. The lowest BCUT2D eigenvalue weighted by atomic mass is 10.3. The molecule has 0 heterocycles. The first-order chi connectivity index (χ1) is 7.49. The van der Waals surface area contributed by atoms with Gasteiger partial charge < -0.3 is 15.4 Å². The van der Waals surface area contributed by atoms with Crippen molar-refractivity contribution in [3.63, 3.8) is 0 Å². The highest BCUT2D eigenvalue weighted by atomic mass is 31.2. The molecule has 1 rings (SSSR count). The minimum absolute atomic E-state index is 0. The third kappa shape index (κ3) is 13.0. The summed E-state index contributed by atoms with van der Waals surface area (Å²) in [5.74, 6) is 0.167. The molecule has 0 bridgehead atoms. The van der Waals surface area contributed by atoms with E-state index in [4.69, 9.17) is 14.5 Å². The van der Waals surface area contributed by atoms with E-state index >= 15 is 0 Å². The fraction of sp³-hybridized carbons (Fsp3) is 0.400. The van der Waals surface area contributed by atoms with Crippen molar-refractivity contribution in [3.05, 3.63) is 30.3 Å². The third-order valence-electron chi connectivity index (χ3n) is 1.38. The Labute approximate surface area is 101 Å². The summed E-state index contributed by atoms with van der Waals surface area (Å²) in [6, 6.07) is 7.93. The third-order valence-corrected chi connectivity index (χ3v) is 1.82. The highest BCUT2D eigenvalue weighted by Gasteiger charge is 2.14. The number of hydrogen-bond acceptors (Lipinski definition) is 4. The molecule has 0 amide bonds. The van der Waals surface area contributed by atoms with Gasteiger partial charge in [0.05, 0.1) is 0 Å². The summed E-state index contributed by atoms with van der Waals surface area (Å²) in [5.41, 5.74) is 0. The molecular weight excluding hydrogens is 245 g/mol. The van der Waals surface area contributed by atoms with E-state index in [0.29, 0.717) is 0 Å². The van der Waals surface area contributed by atoms with E-state index in [2.05, 4.69) is 4.52 Å². The maximum absolute atomic E-state index is 10.3. The van der Waals surface area contributed by atoms with Crippen LogP contribution in [0.5, 0.6) is 5.75 Å². The zero-order valence-corrected chi connectivity index (χ0v) is 11.0. The molecule has 0 aliphatic heterocycles. The zero-order valence-electron chi connectivity index (χ0n) is 10.1. The summed E-state index contributed by atoms with van der Waals surface area (Å²) in [5, 5.41) is 0. The lowest BCUT2D eigenvalue weighted by Gasteiger charge is -2.04. The molecule has 0 saturated carbocycles. The Morgan fingerprint density at radius 2 is 1.59 bits per heavy atom. The van der Waals surface area contributed by atoms with Gasteiger partial charge in [-0.1, -0.05) is 18.2 Å². The second kappa shape index (κ2) is 10.3. The van der Waals surface area contributed by atoms with E-state index in [1.165, 1.54) is 12.1 Å². The normalized spacial score (nSPS) is 9.65. The molecule has 1 aromatic carbocycles. The van der Waals surface area contributed by atoms with Crippen LogP contribution in [0.15, 0.2) is 30.3 Å². The number of rotatable bonds is 4. The molecule has 0 saturated heterocycles. The summed E-state index contributed by atoms with van der Waals surface area (Å²) in [7, 11) is -4.39. The molecule has 0 aromatic heterocycles. The highest BCUT2D eigenvalue weighted by molar-refractivity contribution is 7.46. The Hall–Kier alpha value is -0.910. The molecule has 0 fully saturated rings. The Kier molecular flexibility index (Phi) is 11.1. The van der Waals surface area contributed by atoms with Crippen molar-refractivity contribution in [1.29, 1.82) is 0 Å². The lowest BCUT2D eigenvalue weighted by molar-refractivity contribution is 0.162. The molecule has 6 nitrogen and oxygen atoms in total. The van der Waals surface area contributed by atoms with Crippen LogP contribution in [0.4, 0.5) is 0 Å². The minimum Gasteiger partial charge on any atom is -0.404 e. The number of phosphoric ester groups is 1. The number of benzene rings is 1. The SMILES string of the molecule is CCOCC.N.O=P(O)(O)Oc1ccccc1. The van der Waals surface area contributed by atoms with Crippen molar-refractivity contribution < 1.29 is 23.6 Å².